The van der Waals surface area contributed by atoms with Gasteiger partial charge in [0.2, 0.25) is 0 Å². The van der Waals surface area contributed by atoms with Crippen LogP contribution in [0.5, 0.6) is 0 Å². The van der Waals surface area contributed by atoms with E-state index in [2.05, 4.69) is 11.7 Å². The highest BCUT2D eigenvalue weighted by Gasteiger charge is 2.10. The molecule has 0 aliphatic rings. The Kier molecular flexibility index (Phi) is 9.76. The maximum Gasteiger partial charge on any atom is 0.321 e. The Morgan fingerprint density at radius 3 is 2.25 bits per heavy atom. The van der Waals surface area contributed by atoms with E-state index in [1.54, 1.807) is 0 Å². The average Bonchev–Trinajstić information content (AvgIpc) is 2.27. The first-order chi connectivity index (χ1) is 7.70. The Balaban J connectivity index is 3.24. The number of esters is 2. The molecule has 0 saturated heterocycles. The largest absolute Gasteiger partial charge is 0.468 e. The van der Waals surface area contributed by atoms with Crippen LogP contribution in [0.15, 0.2) is 0 Å². The maximum atomic E-state index is 11.0. The van der Waals surface area contributed by atoms with Crippen molar-refractivity contribution in [1.29, 1.82) is 0 Å². The fourth-order valence-electron chi connectivity index (χ4n) is 1.25. The lowest BCUT2D eigenvalue weighted by Crippen LogP contribution is -2.14. The second kappa shape index (κ2) is 10.5. The molecule has 0 aliphatic heterocycles. The Labute approximate surface area is 97.3 Å². The number of rotatable bonds is 9. The summed E-state index contributed by atoms with van der Waals surface area (Å²) in [4.78, 5) is 21.6. The standard InChI is InChI=1S/C12H21O4/c1-3-4-5-6-7-8-9-16-12(14)10-11(13)15-2/h10H,3-9H2,1-2H3. The molecular formula is C12H21O4. The van der Waals surface area contributed by atoms with Gasteiger partial charge in [-0.2, -0.15) is 0 Å². The van der Waals surface area contributed by atoms with Crippen molar-refractivity contribution >= 4 is 11.9 Å². The summed E-state index contributed by atoms with van der Waals surface area (Å²) >= 11 is 0. The highest BCUT2D eigenvalue weighted by molar-refractivity contribution is 6.03. The van der Waals surface area contributed by atoms with Crippen molar-refractivity contribution in [3.8, 4) is 0 Å². The van der Waals surface area contributed by atoms with Gasteiger partial charge in [-0.05, 0) is 6.42 Å². The lowest BCUT2D eigenvalue weighted by Gasteiger charge is -2.03. The van der Waals surface area contributed by atoms with Crippen LogP contribution in [0.4, 0.5) is 0 Å². The van der Waals surface area contributed by atoms with E-state index in [1.807, 2.05) is 0 Å². The zero-order valence-electron chi connectivity index (χ0n) is 10.2. The molecule has 0 aromatic heterocycles. The van der Waals surface area contributed by atoms with E-state index in [4.69, 9.17) is 4.74 Å². The van der Waals surface area contributed by atoms with Crippen LogP contribution in [0.2, 0.25) is 0 Å². The molecule has 4 heteroatoms. The number of carbonyl (C=O) groups excluding carboxylic acids is 2. The number of ether oxygens (including phenoxy) is 2. The molecule has 0 rings (SSSR count). The van der Waals surface area contributed by atoms with Crippen LogP contribution in [-0.2, 0) is 19.1 Å². The summed E-state index contributed by atoms with van der Waals surface area (Å²) in [6.45, 7) is 2.54. The fraction of sp³-hybridized carbons (Fsp3) is 0.750. The highest BCUT2D eigenvalue weighted by Crippen LogP contribution is 2.05. The SMILES string of the molecule is CCCCCCCCOC(=O)[CH]C(=O)OC. The van der Waals surface area contributed by atoms with Crippen molar-refractivity contribution in [1.82, 2.24) is 0 Å². The third-order valence-corrected chi connectivity index (χ3v) is 2.18. The number of carbonyl (C=O) groups is 2. The van der Waals surface area contributed by atoms with Gasteiger partial charge in [-0.1, -0.05) is 39.0 Å². The lowest BCUT2D eigenvalue weighted by molar-refractivity contribution is -0.146. The second-order valence-corrected chi connectivity index (χ2v) is 3.60. The summed E-state index contributed by atoms with van der Waals surface area (Å²) in [7, 11) is 1.22. The van der Waals surface area contributed by atoms with Gasteiger partial charge in [0.05, 0.1) is 13.7 Å². The molecule has 0 unspecified atom stereocenters. The minimum absolute atomic E-state index is 0.373. The van der Waals surface area contributed by atoms with Gasteiger partial charge >= 0.3 is 11.9 Å². The Hall–Kier alpha value is -1.06. The molecule has 93 valence electrons. The van der Waals surface area contributed by atoms with Gasteiger partial charge in [0.15, 0.2) is 6.42 Å². The van der Waals surface area contributed by atoms with E-state index in [0.717, 1.165) is 19.3 Å². The zero-order valence-corrected chi connectivity index (χ0v) is 10.2. The molecule has 0 bridgehead atoms. The molecular weight excluding hydrogens is 208 g/mol. The van der Waals surface area contributed by atoms with Crippen LogP contribution in [-0.4, -0.2) is 25.7 Å². The van der Waals surface area contributed by atoms with Gasteiger partial charge in [-0.15, -0.1) is 0 Å². The van der Waals surface area contributed by atoms with Crippen molar-refractivity contribution in [2.45, 2.75) is 45.4 Å². The first kappa shape index (κ1) is 14.9. The first-order valence-corrected chi connectivity index (χ1v) is 5.80. The molecule has 4 nitrogen and oxygen atoms in total. The van der Waals surface area contributed by atoms with Crippen molar-refractivity contribution in [2.24, 2.45) is 0 Å². The third kappa shape index (κ3) is 9.49. The maximum absolute atomic E-state index is 11.0. The molecule has 0 spiro atoms. The predicted octanol–water partition coefficient (Wildman–Crippen LogP) is 2.27. The topological polar surface area (TPSA) is 52.6 Å². The number of hydrogen-bond donors (Lipinski definition) is 0. The van der Waals surface area contributed by atoms with Gasteiger partial charge < -0.3 is 9.47 Å². The normalized spacial score (nSPS) is 9.88. The zero-order chi connectivity index (χ0) is 12.2. The summed E-state index contributed by atoms with van der Waals surface area (Å²) < 4.78 is 9.12. The van der Waals surface area contributed by atoms with E-state index in [1.165, 1.54) is 32.8 Å². The van der Waals surface area contributed by atoms with Crippen molar-refractivity contribution in [2.75, 3.05) is 13.7 Å². The minimum atomic E-state index is -0.673. The Morgan fingerprint density at radius 2 is 1.62 bits per heavy atom. The average molecular weight is 229 g/mol. The quantitative estimate of drug-likeness (QED) is 0.346. The molecule has 16 heavy (non-hydrogen) atoms. The van der Waals surface area contributed by atoms with Gasteiger partial charge in [0.25, 0.3) is 0 Å². The first-order valence-electron chi connectivity index (χ1n) is 5.80. The summed E-state index contributed by atoms with van der Waals surface area (Å²) in [5, 5.41) is 0. The summed E-state index contributed by atoms with van der Waals surface area (Å²) in [6, 6.07) is 0. The van der Waals surface area contributed by atoms with Crippen molar-refractivity contribution in [3.63, 3.8) is 0 Å². The molecule has 1 radical (unpaired) electrons. The molecule has 0 amide bonds. The molecule has 0 aromatic carbocycles. The number of unbranched alkanes of at least 4 members (excludes halogenated alkanes) is 5. The minimum Gasteiger partial charge on any atom is -0.468 e. The van der Waals surface area contributed by atoms with Gasteiger partial charge in [-0.25, -0.2) is 0 Å². The van der Waals surface area contributed by atoms with Crippen molar-refractivity contribution in [3.05, 3.63) is 6.42 Å². The van der Waals surface area contributed by atoms with Crippen LogP contribution in [0, 0.1) is 6.42 Å². The lowest BCUT2D eigenvalue weighted by atomic mass is 10.1. The molecule has 0 aromatic rings. The summed E-state index contributed by atoms with van der Waals surface area (Å²) in [6.07, 6.45) is 7.62. The van der Waals surface area contributed by atoms with Gasteiger partial charge in [0.1, 0.15) is 0 Å². The number of methoxy groups -OCH3 is 1. The fourth-order valence-corrected chi connectivity index (χ4v) is 1.25. The summed E-state index contributed by atoms with van der Waals surface area (Å²) in [5.74, 6) is -1.30. The number of hydrogen-bond acceptors (Lipinski definition) is 4. The van der Waals surface area contributed by atoms with E-state index < -0.39 is 11.9 Å². The van der Waals surface area contributed by atoms with Crippen LogP contribution in [0.3, 0.4) is 0 Å². The molecule has 0 N–H and O–H groups in total. The van der Waals surface area contributed by atoms with Crippen LogP contribution >= 0.6 is 0 Å². The van der Waals surface area contributed by atoms with E-state index in [9.17, 15) is 9.59 Å². The smallest absolute Gasteiger partial charge is 0.321 e. The van der Waals surface area contributed by atoms with E-state index in [-0.39, 0.29) is 0 Å². The molecule has 0 atom stereocenters. The predicted molar refractivity (Wildman–Crippen MR) is 60.7 cm³/mol. The van der Waals surface area contributed by atoms with Crippen LogP contribution in [0.25, 0.3) is 0 Å². The highest BCUT2D eigenvalue weighted by atomic mass is 16.5. The molecule has 0 heterocycles. The van der Waals surface area contributed by atoms with Crippen LogP contribution < -0.4 is 0 Å². The van der Waals surface area contributed by atoms with Gasteiger partial charge in [-0.3, -0.25) is 9.59 Å². The van der Waals surface area contributed by atoms with E-state index >= 15 is 0 Å². The molecule has 0 saturated carbocycles. The Bertz CT molecular complexity index is 201. The molecule has 0 fully saturated rings. The second-order valence-electron chi connectivity index (χ2n) is 3.60. The monoisotopic (exact) mass is 229 g/mol. The molecule has 0 aliphatic carbocycles. The van der Waals surface area contributed by atoms with Crippen LogP contribution in [0.1, 0.15) is 45.4 Å². The van der Waals surface area contributed by atoms with Gasteiger partial charge in [0, 0.05) is 0 Å². The summed E-state index contributed by atoms with van der Waals surface area (Å²) in [5.41, 5.74) is 0. The third-order valence-electron chi connectivity index (χ3n) is 2.18. The van der Waals surface area contributed by atoms with Crippen molar-refractivity contribution < 1.29 is 19.1 Å². The Morgan fingerprint density at radius 1 is 1.00 bits per heavy atom. The van der Waals surface area contributed by atoms with E-state index in [0.29, 0.717) is 6.61 Å².